The van der Waals surface area contributed by atoms with Gasteiger partial charge in [-0.25, -0.2) is 0 Å². The molecule has 0 saturated heterocycles. The predicted octanol–water partition coefficient (Wildman–Crippen LogP) is 5.22. The summed E-state index contributed by atoms with van der Waals surface area (Å²) in [4.78, 5) is 0. The molecule has 3 atom stereocenters. The van der Waals surface area contributed by atoms with Gasteiger partial charge in [0.2, 0.25) is 0 Å². The predicted molar refractivity (Wildman–Crippen MR) is 71.0 cm³/mol. The van der Waals surface area contributed by atoms with Gasteiger partial charge < -0.3 is 0 Å². The van der Waals surface area contributed by atoms with E-state index in [1.807, 2.05) is 13.8 Å². The first-order valence-corrected chi connectivity index (χ1v) is 6.33. The Balaban J connectivity index is 0.000000921. The summed E-state index contributed by atoms with van der Waals surface area (Å²) in [6.45, 7) is 15.3. The Kier molecular flexibility index (Phi) is 5.93. The van der Waals surface area contributed by atoms with E-state index in [0.29, 0.717) is 5.41 Å². The molecule has 15 heavy (non-hydrogen) atoms. The lowest BCUT2D eigenvalue weighted by Crippen LogP contribution is -2.45. The second kappa shape index (κ2) is 6.15. The summed E-state index contributed by atoms with van der Waals surface area (Å²) in [6.07, 6.45) is 8.18. The van der Waals surface area contributed by atoms with E-state index in [1.165, 1.54) is 6.42 Å². The fourth-order valence-corrected chi connectivity index (χ4v) is 2.58. The van der Waals surface area contributed by atoms with Crippen molar-refractivity contribution in [2.24, 2.45) is 17.3 Å². The SMILES string of the molecule is C/C=C\C1CC(C)C1(C)/C(C)=C\C.CC. The van der Waals surface area contributed by atoms with Crippen LogP contribution >= 0.6 is 0 Å². The zero-order valence-corrected chi connectivity index (χ0v) is 11.6. The normalized spacial score (nSPS) is 35.8. The van der Waals surface area contributed by atoms with E-state index in [9.17, 15) is 0 Å². The lowest BCUT2D eigenvalue weighted by Gasteiger charge is -2.53. The molecule has 88 valence electrons. The van der Waals surface area contributed by atoms with Gasteiger partial charge in [-0.15, -0.1) is 0 Å². The molecule has 1 fully saturated rings. The van der Waals surface area contributed by atoms with Crippen LogP contribution in [0.5, 0.6) is 0 Å². The van der Waals surface area contributed by atoms with Crippen LogP contribution in [0.2, 0.25) is 0 Å². The van der Waals surface area contributed by atoms with E-state index in [4.69, 9.17) is 0 Å². The number of rotatable bonds is 2. The first-order chi connectivity index (χ1) is 7.07. The monoisotopic (exact) mass is 208 g/mol. The molecule has 1 rings (SSSR count). The smallest absolute Gasteiger partial charge is 0.00306 e. The van der Waals surface area contributed by atoms with Crippen LogP contribution in [0.15, 0.2) is 23.8 Å². The molecule has 0 N–H and O–H groups in total. The standard InChI is InChI=1S/C13H22.C2H6/c1-6-8-12-9-11(4)13(12,5)10(3)7-2;1-2/h6-8,11-12H,9H2,1-5H3;1-2H3/b8-6-,10-7-;. The Labute approximate surface area is 96.5 Å². The zero-order chi connectivity index (χ0) is 12.1. The minimum absolute atomic E-state index is 0.432. The van der Waals surface area contributed by atoms with Gasteiger partial charge in [0.15, 0.2) is 0 Å². The van der Waals surface area contributed by atoms with Crippen LogP contribution in [-0.4, -0.2) is 0 Å². The molecule has 0 heteroatoms. The Hall–Kier alpha value is -0.520. The molecule has 0 aromatic carbocycles. The fourth-order valence-electron chi connectivity index (χ4n) is 2.58. The third kappa shape index (κ3) is 2.53. The van der Waals surface area contributed by atoms with E-state index in [2.05, 4.69) is 52.8 Å². The van der Waals surface area contributed by atoms with Crippen LogP contribution < -0.4 is 0 Å². The van der Waals surface area contributed by atoms with Crippen LogP contribution in [0.4, 0.5) is 0 Å². The van der Waals surface area contributed by atoms with Crippen molar-refractivity contribution in [1.29, 1.82) is 0 Å². The molecule has 0 bridgehead atoms. The highest BCUT2D eigenvalue weighted by Gasteiger charge is 2.48. The quantitative estimate of drug-likeness (QED) is 0.546. The van der Waals surface area contributed by atoms with Crippen LogP contribution in [0.1, 0.15) is 54.9 Å². The summed E-state index contributed by atoms with van der Waals surface area (Å²) in [7, 11) is 0. The van der Waals surface area contributed by atoms with E-state index < -0.39 is 0 Å². The Bertz CT molecular complexity index is 234. The van der Waals surface area contributed by atoms with E-state index in [1.54, 1.807) is 5.57 Å². The third-order valence-corrected chi connectivity index (χ3v) is 4.11. The van der Waals surface area contributed by atoms with Crippen molar-refractivity contribution >= 4 is 0 Å². The minimum Gasteiger partial charge on any atom is -0.0914 e. The first kappa shape index (κ1) is 14.5. The maximum atomic E-state index is 2.40. The van der Waals surface area contributed by atoms with Crippen LogP contribution in [0.3, 0.4) is 0 Å². The fraction of sp³-hybridized carbons (Fsp3) is 0.733. The highest BCUT2D eigenvalue weighted by atomic mass is 14.5. The average molecular weight is 208 g/mol. The summed E-state index contributed by atoms with van der Waals surface area (Å²) < 4.78 is 0. The summed E-state index contributed by atoms with van der Waals surface area (Å²) in [6, 6.07) is 0. The van der Waals surface area contributed by atoms with E-state index >= 15 is 0 Å². The van der Waals surface area contributed by atoms with Crippen LogP contribution in [0.25, 0.3) is 0 Å². The lowest BCUT2D eigenvalue weighted by molar-refractivity contribution is 0.0448. The molecule has 1 aliphatic rings. The van der Waals surface area contributed by atoms with Crippen LogP contribution in [0, 0.1) is 17.3 Å². The molecule has 0 nitrogen and oxygen atoms in total. The van der Waals surface area contributed by atoms with Gasteiger partial charge in [0, 0.05) is 0 Å². The van der Waals surface area contributed by atoms with Gasteiger partial charge >= 0.3 is 0 Å². The van der Waals surface area contributed by atoms with Crippen molar-refractivity contribution in [2.45, 2.75) is 54.9 Å². The van der Waals surface area contributed by atoms with Gasteiger partial charge in [0.05, 0.1) is 0 Å². The second-order valence-electron chi connectivity index (χ2n) is 4.52. The Morgan fingerprint density at radius 3 is 2.13 bits per heavy atom. The summed E-state index contributed by atoms with van der Waals surface area (Å²) in [5.41, 5.74) is 1.98. The van der Waals surface area contributed by atoms with Gasteiger partial charge in [0.1, 0.15) is 0 Å². The maximum absolute atomic E-state index is 2.40. The van der Waals surface area contributed by atoms with Crippen molar-refractivity contribution in [3.05, 3.63) is 23.8 Å². The molecule has 0 amide bonds. The molecule has 1 aliphatic carbocycles. The van der Waals surface area contributed by atoms with Crippen molar-refractivity contribution in [3.63, 3.8) is 0 Å². The highest BCUT2D eigenvalue weighted by molar-refractivity contribution is 5.22. The Morgan fingerprint density at radius 2 is 1.80 bits per heavy atom. The molecule has 0 radical (unpaired) electrons. The highest BCUT2D eigenvalue weighted by Crippen LogP contribution is 2.56. The maximum Gasteiger partial charge on any atom is -0.00306 e. The molecular weight excluding hydrogens is 180 g/mol. The van der Waals surface area contributed by atoms with Gasteiger partial charge in [-0.05, 0) is 44.4 Å². The molecule has 0 aliphatic heterocycles. The van der Waals surface area contributed by atoms with Crippen LogP contribution in [-0.2, 0) is 0 Å². The first-order valence-electron chi connectivity index (χ1n) is 6.33. The molecule has 0 aromatic heterocycles. The molecular formula is C15H28. The molecule has 0 heterocycles. The van der Waals surface area contributed by atoms with E-state index in [0.717, 1.165) is 11.8 Å². The topological polar surface area (TPSA) is 0 Å². The van der Waals surface area contributed by atoms with Crippen molar-refractivity contribution in [2.75, 3.05) is 0 Å². The number of allylic oxidation sites excluding steroid dienone is 4. The molecule has 1 saturated carbocycles. The number of hydrogen-bond acceptors (Lipinski definition) is 0. The lowest BCUT2D eigenvalue weighted by atomic mass is 9.51. The van der Waals surface area contributed by atoms with E-state index in [-0.39, 0.29) is 0 Å². The zero-order valence-electron chi connectivity index (χ0n) is 11.6. The van der Waals surface area contributed by atoms with Gasteiger partial charge in [-0.2, -0.15) is 0 Å². The minimum atomic E-state index is 0.432. The molecule has 3 unspecified atom stereocenters. The number of hydrogen-bond donors (Lipinski definition) is 0. The molecule has 0 spiro atoms. The summed E-state index contributed by atoms with van der Waals surface area (Å²) >= 11 is 0. The van der Waals surface area contributed by atoms with Crippen molar-refractivity contribution < 1.29 is 0 Å². The largest absolute Gasteiger partial charge is 0.0914 e. The van der Waals surface area contributed by atoms with Gasteiger partial charge in [0.25, 0.3) is 0 Å². The second-order valence-corrected chi connectivity index (χ2v) is 4.52. The summed E-state index contributed by atoms with van der Waals surface area (Å²) in [5.74, 6) is 1.61. The third-order valence-electron chi connectivity index (χ3n) is 4.11. The van der Waals surface area contributed by atoms with Gasteiger partial charge in [-0.3, -0.25) is 0 Å². The van der Waals surface area contributed by atoms with Crippen molar-refractivity contribution in [1.82, 2.24) is 0 Å². The average Bonchev–Trinajstić information content (AvgIpc) is 2.29. The summed E-state index contributed by atoms with van der Waals surface area (Å²) in [5, 5.41) is 0. The molecule has 0 aromatic rings. The van der Waals surface area contributed by atoms with Gasteiger partial charge in [-0.1, -0.05) is 51.5 Å². The van der Waals surface area contributed by atoms with Crippen molar-refractivity contribution in [3.8, 4) is 0 Å². The Morgan fingerprint density at radius 1 is 1.27 bits per heavy atom.